The number of methoxy groups -OCH3 is 3. The molecule has 2 aromatic carbocycles. The lowest BCUT2D eigenvalue weighted by Gasteiger charge is -2.09. The molecule has 4 aliphatic rings. The predicted octanol–water partition coefficient (Wildman–Crippen LogP) is 9.89. The lowest BCUT2D eigenvalue weighted by atomic mass is 10.1. The van der Waals surface area contributed by atoms with Crippen molar-refractivity contribution in [1.29, 1.82) is 0 Å². The number of hydrogen-bond donors (Lipinski definition) is 1. The molecule has 13 rings (SSSR count). The van der Waals surface area contributed by atoms with Gasteiger partial charge in [0.2, 0.25) is 47.1 Å². The van der Waals surface area contributed by atoms with Crippen LogP contribution in [0.15, 0.2) is 132 Å². The van der Waals surface area contributed by atoms with Crippen molar-refractivity contribution in [2.75, 3.05) is 26.6 Å². The van der Waals surface area contributed by atoms with Gasteiger partial charge in [-0.3, -0.25) is 15.0 Å². The number of nitrogens with zero attached hydrogens (tertiary/aromatic N) is 13. The average Bonchev–Trinajstić information content (AvgIpc) is 4.20. The van der Waals surface area contributed by atoms with E-state index in [2.05, 4.69) is 70.8 Å². The zero-order chi connectivity index (χ0) is 53.5. The number of ether oxygens (including phenoxy) is 5. The zero-order valence-electron chi connectivity index (χ0n) is 43.5. The van der Waals surface area contributed by atoms with Crippen LogP contribution in [0.2, 0.25) is 0 Å². The number of anilines is 1. The van der Waals surface area contributed by atoms with Crippen molar-refractivity contribution < 1.29 is 36.9 Å². The zero-order valence-corrected chi connectivity index (χ0v) is 43.5. The molecule has 0 spiro atoms. The number of rotatable bonds is 15. The molecule has 3 aliphatic heterocycles. The molecule has 0 amide bonds. The summed E-state index contributed by atoms with van der Waals surface area (Å²) in [4.78, 5) is 30.4. The Morgan fingerprint density at radius 2 is 1.09 bits per heavy atom. The van der Waals surface area contributed by atoms with E-state index in [1.165, 1.54) is 0 Å². The van der Waals surface area contributed by atoms with Crippen LogP contribution >= 0.6 is 0 Å². The summed E-state index contributed by atoms with van der Waals surface area (Å²) < 4.78 is 44.4. The molecule has 22 heteroatoms. The smallest absolute Gasteiger partial charge is 0.344 e. The highest BCUT2D eigenvalue weighted by Crippen LogP contribution is 2.37. The van der Waals surface area contributed by atoms with Gasteiger partial charge in [0.15, 0.2) is 0 Å². The van der Waals surface area contributed by atoms with Crippen molar-refractivity contribution in [2.24, 2.45) is 15.0 Å². The molecule has 1 N–H and O–H groups in total. The van der Waals surface area contributed by atoms with Gasteiger partial charge in [0.25, 0.3) is 0 Å². The topological polar surface area (TPSA) is 264 Å². The summed E-state index contributed by atoms with van der Waals surface area (Å²) in [5, 5.41) is 27.8. The van der Waals surface area contributed by atoms with Crippen LogP contribution in [0.4, 0.5) is 23.1 Å². The van der Waals surface area contributed by atoms with Crippen LogP contribution in [0.1, 0.15) is 60.9 Å². The Balaban J connectivity index is 0.000000124. The maximum atomic E-state index is 5.83. The molecule has 1 saturated carbocycles. The molecule has 22 nitrogen and oxygen atoms in total. The van der Waals surface area contributed by atoms with Gasteiger partial charge in [0, 0.05) is 72.3 Å². The SMILES string of the molecule is COc1nccc2c1N=C(Cc1nnc(-c3ccc(C)nc3)o1)C2.COc1nccc2c1N=C(Cc1nnc(-c3ccc(OC4CC4)cc3)o1)C2.COc1nccc2c1NC(=Nc1nnc(-c3ccc(OC(C)C)cc3)o1)C2. The number of hydrogen-bond acceptors (Lipinski definition) is 21. The molecule has 78 heavy (non-hydrogen) atoms. The van der Waals surface area contributed by atoms with Gasteiger partial charge in [0.05, 0.1) is 51.9 Å². The van der Waals surface area contributed by atoms with E-state index in [1.54, 1.807) is 46.1 Å². The Hall–Kier alpha value is -9.73. The first-order chi connectivity index (χ1) is 38.1. The van der Waals surface area contributed by atoms with E-state index in [4.69, 9.17) is 36.9 Å². The number of nitrogens with one attached hydrogen (secondary N) is 1. The number of pyridine rings is 4. The van der Waals surface area contributed by atoms with Gasteiger partial charge in [-0.05, 0) is 129 Å². The van der Waals surface area contributed by atoms with Crippen LogP contribution in [0.25, 0.3) is 34.4 Å². The molecular weight excluding hydrogens is 997 g/mol. The van der Waals surface area contributed by atoms with Gasteiger partial charge in [-0.15, -0.1) is 25.5 Å². The summed E-state index contributed by atoms with van der Waals surface area (Å²) in [5.74, 6) is 6.43. The van der Waals surface area contributed by atoms with Crippen molar-refractivity contribution in [3.8, 4) is 63.5 Å². The largest absolute Gasteiger partial charge is 0.491 e. The Kier molecular flexibility index (Phi) is 14.6. The number of aliphatic imine (C=N–C) groups is 3. The highest BCUT2D eigenvalue weighted by atomic mass is 16.5. The third kappa shape index (κ3) is 11.9. The highest BCUT2D eigenvalue weighted by molar-refractivity contribution is 6.05. The summed E-state index contributed by atoms with van der Waals surface area (Å²) in [6, 6.07) is 25.1. The van der Waals surface area contributed by atoms with Crippen molar-refractivity contribution >= 4 is 40.3 Å². The second kappa shape index (κ2) is 22.6. The first kappa shape index (κ1) is 50.4. The van der Waals surface area contributed by atoms with E-state index in [-0.39, 0.29) is 12.1 Å². The van der Waals surface area contributed by atoms with E-state index in [1.807, 2.05) is 99.6 Å². The van der Waals surface area contributed by atoms with Crippen LogP contribution < -0.4 is 29.0 Å². The van der Waals surface area contributed by atoms with Crippen LogP contribution in [-0.2, 0) is 32.1 Å². The van der Waals surface area contributed by atoms with Crippen molar-refractivity contribution in [3.63, 3.8) is 0 Å². The summed E-state index contributed by atoms with van der Waals surface area (Å²) >= 11 is 0. The first-order valence-corrected chi connectivity index (χ1v) is 25.1. The third-order valence-corrected chi connectivity index (χ3v) is 12.3. The quantitative estimate of drug-likeness (QED) is 0.100. The molecule has 0 unspecified atom stereocenters. The third-order valence-electron chi connectivity index (χ3n) is 12.3. The van der Waals surface area contributed by atoms with Gasteiger partial charge in [-0.2, -0.15) is 4.99 Å². The minimum Gasteiger partial charge on any atom is -0.491 e. The van der Waals surface area contributed by atoms with Gasteiger partial charge >= 0.3 is 6.01 Å². The second-order valence-electron chi connectivity index (χ2n) is 18.5. The number of benzene rings is 2. The molecule has 0 bridgehead atoms. The predicted molar refractivity (Wildman–Crippen MR) is 287 cm³/mol. The van der Waals surface area contributed by atoms with Gasteiger partial charge in [-0.1, -0.05) is 5.10 Å². The normalized spacial score (nSPS) is 14.2. The van der Waals surface area contributed by atoms with Gasteiger partial charge < -0.3 is 42.3 Å². The summed E-state index contributed by atoms with van der Waals surface area (Å²) in [6.07, 6.45) is 12.8. The molecule has 1 aliphatic carbocycles. The van der Waals surface area contributed by atoms with Crippen molar-refractivity contribution in [1.82, 2.24) is 50.5 Å². The van der Waals surface area contributed by atoms with E-state index in [0.717, 1.165) is 105 Å². The summed E-state index contributed by atoms with van der Waals surface area (Å²) in [5.41, 5.74) is 11.0. The molecule has 0 radical (unpaired) electrons. The Morgan fingerprint density at radius 1 is 0.564 bits per heavy atom. The maximum Gasteiger partial charge on any atom is 0.344 e. The van der Waals surface area contributed by atoms with Crippen molar-refractivity contribution in [2.45, 2.75) is 77.9 Å². The Morgan fingerprint density at radius 3 is 1.64 bits per heavy atom. The molecular formula is C56H52N14O8. The molecule has 1 fully saturated rings. The maximum absolute atomic E-state index is 5.83. The van der Waals surface area contributed by atoms with E-state index in [0.29, 0.717) is 78.3 Å². The number of aromatic nitrogens is 10. The lowest BCUT2D eigenvalue weighted by molar-refractivity contribution is 0.242. The number of aryl methyl sites for hydroxylation is 1. The fraction of sp³-hybridized carbons (Fsp3) is 0.268. The molecule has 10 heterocycles. The second-order valence-corrected chi connectivity index (χ2v) is 18.5. The summed E-state index contributed by atoms with van der Waals surface area (Å²) in [7, 11) is 4.78. The van der Waals surface area contributed by atoms with E-state index in [9.17, 15) is 0 Å². The van der Waals surface area contributed by atoms with Gasteiger partial charge in [-0.25, -0.2) is 15.0 Å². The molecule has 0 saturated heterocycles. The van der Waals surface area contributed by atoms with Crippen LogP contribution in [0, 0.1) is 6.92 Å². The number of fused-ring (bicyclic) bond motifs is 3. The number of amidine groups is 1. The fourth-order valence-corrected chi connectivity index (χ4v) is 8.48. The van der Waals surface area contributed by atoms with Gasteiger partial charge in [0.1, 0.15) is 34.4 Å². The standard InChI is InChI=1S/C20H18N4O3.C19H19N5O3.C17H15N5O2/c1-25-20-18-13(8-9-21-20)10-14(22-18)11-17-23-24-19(27-17)12-2-4-15(5-3-12)26-16-6-7-16;1-11(2)26-14-6-4-12(5-7-14)17-23-24-19(27-17)22-15-10-13-8-9-20-18(25-3)16(13)21-15;1-10-3-4-12(9-19-10)16-22-21-14(24-16)8-13-7-11-5-6-18-17(23-2)15(11)20-13/h2-5,8-9,16H,6-7,10-11H2,1H3;4-9,11H,10H2,1-3H3,(H,21,22,24);3-6,9H,7-8H2,1-2H3. The molecule has 9 aromatic rings. The Labute approximate surface area is 447 Å². The van der Waals surface area contributed by atoms with E-state index >= 15 is 0 Å². The fourth-order valence-electron chi connectivity index (χ4n) is 8.48. The lowest BCUT2D eigenvalue weighted by Crippen LogP contribution is -2.06. The minimum atomic E-state index is 0.124. The van der Waals surface area contributed by atoms with Crippen LogP contribution in [0.3, 0.4) is 0 Å². The molecule has 7 aromatic heterocycles. The van der Waals surface area contributed by atoms with E-state index < -0.39 is 0 Å². The minimum absolute atomic E-state index is 0.124. The van der Waals surface area contributed by atoms with Crippen molar-refractivity contribution in [3.05, 3.63) is 138 Å². The summed E-state index contributed by atoms with van der Waals surface area (Å²) in [6.45, 7) is 5.90. The van der Waals surface area contributed by atoms with Crippen LogP contribution in [-0.4, -0.2) is 101 Å². The Bertz CT molecular complexity index is 3660. The highest BCUT2D eigenvalue weighted by Gasteiger charge is 2.26. The monoisotopic (exact) mass is 1050 g/mol. The molecule has 0 atom stereocenters. The van der Waals surface area contributed by atoms with Crippen LogP contribution in [0.5, 0.6) is 29.1 Å². The average molecular weight is 1050 g/mol. The first-order valence-electron chi connectivity index (χ1n) is 25.1. The molecule has 394 valence electrons.